The number of ether oxygens (including phenoxy) is 1. The molecular formula is C8H16O. The number of hydrogen-bond acceptors (Lipinski definition) is 1. The zero-order chi connectivity index (χ0) is 6.85. The molecule has 0 bridgehead atoms. The maximum Gasteiger partial charge on any atom is 0.0601 e. The van der Waals surface area contributed by atoms with Crippen LogP contribution in [0.25, 0.3) is 0 Å². The van der Waals surface area contributed by atoms with Gasteiger partial charge in [0.2, 0.25) is 0 Å². The average molecular weight is 128 g/mol. The van der Waals surface area contributed by atoms with Gasteiger partial charge in [-0.05, 0) is 18.3 Å². The molecule has 54 valence electrons. The average Bonchev–Trinajstić information content (AvgIpc) is 2.15. The highest BCUT2D eigenvalue weighted by Gasteiger charge is 2.28. The minimum atomic E-state index is 0.542. The number of rotatable bonds is 1. The summed E-state index contributed by atoms with van der Waals surface area (Å²) < 4.78 is 5.53. The molecule has 2 unspecified atom stereocenters. The van der Waals surface area contributed by atoms with Gasteiger partial charge in [-0.1, -0.05) is 20.8 Å². The second-order valence-corrected chi connectivity index (χ2v) is 3.12. The second kappa shape index (κ2) is 2.70. The van der Waals surface area contributed by atoms with Gasteiger partial charge < -0.3 is 4.74 Å². The highest BCUT2D eigenvalue weighted by Crippen LogP contribution is 2.27. The van der Waals surface area contributed by atoms with Gasteiger partial charge in [-0.25, -0.2) is 0 Å². The first-order chi connectivity index (χ1) is 4.25. The predicted octanol–water partition coefficient (Wildman–Crippen LogP) is 2.07. The molecule has 1 saturated heterocycles. The van der Waals surface area contributed by atoms with E-state index in [4.69, 9.17) is 4.74 Å². The van der Waals surface area contributed by atoms with Crippen LogP contribution < -0.4 is 0 Å². The second-order valence-electron chi connectivity index (χ2n) is 3.12. The van der Waals surface area contributed by atoms with Crippen molar-refractivity contribution in [1.29, 1.82) is 0 Å². The fourth-order valence-electron chi connectivity index (χ4n) is 1.44. The van der Waals surface area contributed by atoms with Gasteiger partial charge in [0.05, 0.1) is 6.10 Å². The minimum absolute atomic E-state index is 0.542. The molecule has 3 atom stereocenters. The van der Waals surface area contributed by atoms with Crippen molar-refractivity contribution in [3.8, 4) is 0 Å². The van der Waals surface area contributed by atoms with E-state index in [-0.39, 0.29) is 0 Å². The molecule has 0 aromatic rings. The maximum atomic E-state index is 5.53. The Labute approximate surface area is 57.4 Å². The summed E-state index contributed by atoms with van der Waals surface area (Å²) in [6.45, 7) is 7.71. The van der Waals surface area contributed by atoms with Gasteiger partial charge in [0.25, 0.3) is 0 Å². The lowest BCUT2D eigenvalue weighted by molar-refractivity contribution is 0.0904. The van der Waals surface area contributed by atoms with Gasteiger partial charge in [-0.3, -0.25) is 0 Å². The van der Waals surface area contributed by atoms with Gasteiger partial charge >= 0.3 is 0 Å². The zero-order valence-corrected chi connectivity index (χ0v) is 6.55. The van der Waals surface area contributed by atoms with Crippen LogP contribution in [0.4, 0.5) is 0 Å². The molecule has 1 heterocycles. The molecule has 1 rings (SSSR count). The summed E-state index contributed by atoms with van der Waals surface area (Å²) in [6, 6.07) is 0. The highest BCUT2D eigenvalue weighted by atomic mass is 16.5. The van der Waals surface area contributed by atoms with E-state index in [1.807, 2.05) is 0 Å². The Bertz CT molecular complexity index is 90.6. The molecule has 1 heteroatoms. The maximum absolute atomic E-state index is 5.53. The molecule has 0 N–H and O–H groups in total. The summed E-state index contributed by atoms with van der Waals surface area (Å²) in [4.78, 5) is 0. The van der Waals surface area contributed by atoms with E-state index in [1.54, 1.807) is 0 Å². The molecule has 0 saturated carbocycles. The first-order valence-corrected chi connectivity index (χ1v) is 3.87. The monoisotopic (exact) mass is 128 g/mol. The molecule has 1 nitrogen and oxygen atoms in total. The van der Waals surface area contributed by atoms with Crippen LogP contribution in [0.3, 0.4) is 0 Å². The molecule has 9 heavy (non-hydrogen) atoms. The summed E-state index contributed by atoms with van der Waals surface area (Å²) in [6.07, 6.45) is 1.71. The van der Waals surface area contributed by atoms with Crippen molar-refractivity contribution in [2.24, 2.45) is 11.8 Å². The van der Waals surface area contributed by atoms with Gasteiger partial charge in [0.15, 0.2) is 0 Å². The van der Waals surface area contributed by atoms with Crippen LogP contribution in [-0.2, 0) is 4.74 Å². The fraction of sp³-hybridized carbons (Fsp3) is 1.00. The molecule has 0 aromatic carbocycles. The van der Waals surface area contributed by atoms with Gasteiger partial charge in [0.1, 0.15) is 0 Å². The third kappa shape index (κ3) is 1.26. The van der Waals surface area contributed by atoms with E-state index in [0.717, 1.165) is 18.4 Å². The van der Waals surface area contributed by atoms with Crippen LogP contribution in [0.15, 0.2) is 0 Å². The van der Waals surface area contributed by atoms with Crippen molar-refractivity contribution >= 4 is 0 Å². The van der Waals surface area contributed by atoms with Crippen molar-refractivity contribution in [2.45, 2.75) is 33.3 Å². The third-order valence-electron chi connectivity index (χ3n) is 2.46. The fourth-order valence-corrected chi connectivity index (χ4v) is 1.44. The van der Waals surface area contributed by atoms with Crippen molar-refractivity contribution < 1.29 is 4.74 Å². The van der Waals surface area contributed by atoms with E-state index < -0.39 is 0 Å². The van der Waals surface area contributed by atoms with E-state index in [1.165, 1.54) is 6.42 Å². The van der Waals surface area contributed by atoms with Crippen LogP contribution in [-0.4, -0.2) is 12.7 Å². The molecule has 0 radical (unpaired) electrons. The van der Waals surface area contributed by atoms with Crippen molar-refractivity contribution in [1.82, 2.24) is 0 Å². The van der Waals surface area contributed by atoms with E-state index in [0.29, 0.717) is 6.10 Å². The molecule has 1 aliphatic rings. The lowest BCUT2D eigenvalue weighted by Crippen LogP contribution is -2.14. The van der Waals surface area contributed by atoms with Crippen molar-refractivity contribution in [3.05, 3.63) is 0 Å². The number of hydrogen-bond donors (Lipinski definition) is 0. The molecule has 1 fully saturated rings. The van der Waals surface area contributed by atoms with Crippen LogP contribution >= 0.6 is 0 Å². The quantitative estimate of drug-likeness (QED) is 0.525. The first kappa shape index (κ1) is 7.07. The molecule has 1 aliphatic heterocycles. The van der Waals surface area contributed by atoms with Crippen molar-refractivity contribution in [2.75, 3.05) is 6.61 Å². The summed E-state index contributed by atoms with van der Waals surface area (Å²) in [5.74, 6) is 1.55. The van der Waals surface area contributed by atoms with Crippen LogP contribution in [0.5, 0.6) is 0 Å². The Kier molecular flexibility index (Phi) is 2.12. The Hall–Kier alpha value is -0.0400. The summed E-state index contributed by atoms with van der Waals surface area (Å²) in [5, 5.41) is 0. The third-order valence-corrected chi connectivity index (χ3v) is 2.46. The van der Waals surface area contributed by atoms with Crippen molar-refractivity contribution in [3.63, 3.8) is 0 Å². The molecule has 0 aliphatic carbocycles. The van der Waals surface area contributed by atoms with Gasteiger partial charge in [0, 0.05) is 6.61 Å². The molecule has 0 spiro atoms. The van der Waals surface area contributed by atoms with E-state index in [2.05, 4.69) is 20.8 Å². The lowest BCUT2D eigenvalue weighted by Gasteiger charge is -2.12. The molecule has 0 amide bonds. The summed E-state index contributed by atoms with van der Waals surface area (Å²) in [5.41, 5.74) is 0. The Morgan fingerprint density at radius 2 is 2.11 bits per heavy atom. The Morgan fingerprint density at radius 1 is 1.44 bits per heavy atom. The summed E-state index contributed by atoms with van der Waals surface area (Å²) >= 11 is 0. The van der Waals surface area contributed by atoms with Crippen LogP contribution in [0.1, 0.15) is 27.2 Å². The van der Waals surface area contributed by atoms with Gasteiger partial charge in [-0.15, -0.1) is 0 Å². The largest absolute Gasteiger partial charge is 0.378 e. The van der Waals surface area contributed by atoms with E-state index in [9.17, 15) is 0 Å². The molecular weight excluding hydrogens is 112 g/mol. The predicted molar refractivity (Wildman–Crippen MR) is 38.4 cm³/mol. The summed E-state index contributed by atoms with van der Waals surface area (Å²) in [7, 11) is 0. The van der Waals surface area contributed by atoms with Gasteiger partial charge in [-0.2, -0.15) is 0 Å². The standard InChI is InChI=1S/C8H16O/c1-4-8-7(3)6(2)5-9-8/h6-8H,4-5H2,1-3H3/t6?,7-,8?/m0/s1. The lowest BCUT2D eigenvalue weighted by atomic mass is 9.93. The van der Waals surface area contributed by atoms with E-state index >= 15 is 0 Å². The first-order valence-electron chi connectivity index (χ1n) is 3.87. The topological polar surface area (TPSA) is 9.23 Å². The minimum Gasteiger partial charge on any atom is -0.378 e. The van der Waals surface area contributed by atoms with Crippen LogP contribution in [0.2, 0.25) is 0 Å². The Balaban J connectivity index is 2.41. The SMILES string of the molecule is CCC1OCC(C)[C@@H]1C. The highest BCUT2D eigenvalue weighted by molar-refractivity contribution is 4.76. The smallest absolute Gasteiger partial charge is 0.0601 e. The normalized spacial score (nSPS) is 43.7. The zero-order valence-electron chi connectivity index (χ0n) is 6.55. The Morgan fingerprint density at radius 3 is 2.33 bits per heavy atom. The molecule has 0 aromatic heterocycles. The van der Waals surface area contributed by atoms with Crippen LogP contribution in [0, 0.1) is 11.8 Å².